The maximum absolute atomic E-state index is 6.05. The molecule has 0 saturated heterocycles. The standard InChI is InChI=1S/C21H21NO/c1-2-16-9-6-10-18(13-16)20-14-19(22)11-12-21(20)23-15-17-7-4-3-5-8-17/h3-14H,2,15,22H2,1H3. The lowest BCUT2D eigenvalue weighted by atomic mass is 10.0. The smallest absolute Gasteiger partial charge is 0.127 e. The van der Waals surface area contributed by atoms with Crippen molar-refractivity contribution in [1.82, 2.24) is 0 Å². The van der Waals surface area contributed by atoms with E-state index >= 15 is 0 Å². The topological polar surface area (TPSA) is 35.2 Å². The molecule has 0 heterocycles. The lowest BCUT2D eigenvalue weighted by Crippen LogP contribution is -1.98. The first-order valence-corrected chi connectivity index (χ1v) is 7.92. The van der Waals surface area contributed by atoms with Crippen molar-refractivity contribution in [3.8, 4) is 16.9 Å². The number of ether oxygens (including phenoxy) is 1. The molecule has 0 atom stereocenters. The second kappa shape index (κ2) is 7.01. The fourth-order valence-electron chi connectivity index (χ4n) is 2.59. The molecule has 0 aliphatic carbocycles. The van der Waals surface area contributed by atoms with Crippen LogP contribution in [0, 0.1) is 0 Å². The molecular formula is C21H21NO. The van der Waals surface area contributed by atoms with Crippen molar-refractivity contribution in [3.63, 3.8) is 0 Å². The summed E-state index contributed by atoms with van der Waals surface area (Å²) < 4.78 is 6.05. The van der Waals surface area contributed by atoms with Gasteiger partial charge in [0.05, 0.1) is 0 Å². The van der Waals surface area contributed by atoms with Crippen molar-refractivity contribution in [2.24, 2.45) is 0 Å². The van der Waals surface area contributed by atoms with Gasteiger partial charge in [0, 0.05) is 11.3 Å². The lowest BCUT2D eigenvalue weighted by Gasteiger charge is -2.13. The minimum atomic E-state index is 0.547. The lowest BCUT2D eigenvalue weighted by molar-refractivity contribution is 0.307. The van der Waals surface area contributed by atoms with Gasteiger partial charge in [0.2, 0.25) is 0 Å². The number of nitrogens with two attached hydrogens (primary N) is 1. The molecule has 2 heteroatoms. The van der Waals surface area contributed by atoms with Crippen molar-refractivity contribution in [2.75, 3.05) is 5.73 Å². The fraction of sp³-hybridized carbons (Fsp3) is 0.143. The van der Waals surface area contributed by atoms with Gasteiger partial charge in [-0.15, -0.1) is 0 Å². The zero-order valence-electron chi connectivity index (χ0n) is 13.3. The molecule has 0 bridgehead atoms. The third-order valence-corrected chi connectivity index (χ3v) is 3.89. The van der Waals surface area contributed by atoms with Crippen molar-refractivity contribution in [3.05, 3.63) is 83.9 Å². The molecule has 3 aromatic rings. The SMILES string of the molecule is CCc1cccc(-c2cc(N)ccc2OCc2ccccc2)c1. The van der Waals surface area contributed by atoms with Gasteiger partial charge < -0.3 is 10.5 Å². The first-order valence-electron chi connectivity index (χ1n) is 7.92. The number of hydrogen-bond acceptors (Lipinski definition) is 2. The number of hydrogen-bond donors (Lipinski definition) is 1. The van der Waals surface area contributed by atoms with Gasteiger partial charge in [-0.2, -0.15) is 0 Å². The maximum Gasteiger partial charge on any atom is 0.127 e. The van der Waals surface area contributed by atoms with Gasteiger partial charge in [-0.3, -0.25) is 0 Å². The highest BCUT2D eigenvalue weighted by Gasteiger charge is 2.08. The van der Waals surface area contributed by atoms with Gasteiger partial charge >= 0.3 is 0 Å². The van der Waals surface area contributed by atoms with Gasteiger partial charge in [0.25, 0.3) is 0 Å². The van der Waals surface area contributed by atoms with Crippen LogP contribution < -0.4 is 10.5 Å². The number of rotatable bonds is 5. The molecule has 0 aromatic heterocycles. The van der Waals surface area contributed by atoms with Crippen LogP contribution in [0.15, 0.2) is 72.8 Å². The van der Waals surface area contributed by atoms with Crippen LogP contribution >= 0.6 is 0 Å². The highest BCUT2D eigenvalue weighted by Crippen LogP contribution is 2.33. The van der Waals surface area contributed by atoms with Crippen LogP contribution in [0.25, 0.3) is 11.1 Å². The second-order valence-corrected chi connectivity index (χ2v) is 5.58. The summed E-state index contributed by atoms with van der Waals surface area (Å²) >= 11 is 0. The van der Waals surface area contributed by atoms with Gasteiger partial charge in [-0.1, -0.05) is 61.5 Å². The van der Waals surface area contributed by atoms with Crippen LogP contribution in [0.1, 0.15) is 18.1 Å². The van der Waals surface area contributed by atoms with Crippen molar-refractivity contribution >= 4 is 5.69 Å². The van der Waals surface area contributed by atoms with Gasteiger partial charge in [0.1, 0.15) is 12.4 Å². The molecule has 3 aromatic carbocycles. The Morgan fingerprint density at radius 2 is 1.61 bits per heavy atom. The Bertz CT molecular complexity index is 781. The van der Waals surface area contributed by atoms with E-state index in [1.807, 2.05) is 36.4 Å². The first-order chi connectivity index (χ1) is 11.3. The highest BCUT2D eigenvalue weighted by atomic mass is 16.5. The number of aryl methyl sites for hydroxylation is 1. The molecule has 0 unspecified atom stereocenters. The second-order valence-electron chi connectivity index (χ2n) is 5.58. The first kappa shape index (κ1) is 15.2. The molecule has 2 N–H and O–H groups in total. The van der Waals surface area contributed by atoms with Crippen molar-refractivity contribution < 1.29 is 4.74 Å². The van der Waals surface area contributed by atoms with Gasteiger partial charge in [-0.05, 0) is 41.3 Å². The molecule has 0 radical (unpaired) electrons. The molecule has 23 heavy (non-hydrogen) atoms. The normalized spacial score (nSPS) is 10.5. The average molecular weight is 303 g/mol. The predicted molar refractivity (Wildman–Crippen MR) is 96.4 cm³/mol. The monoisotopic (exact) mass is 303 g/mol. The Labute approximate surface area is 137 Å². The molecule has 0 aliphatic heterocycles. The zero-order chi connectivity index (χ0) is 16.1. The van der Waals surface area contributed by atoms with E-state index in [1.54, 1.807) is 0 Å². The summed E-state index contributed by atoms with van der Waals surface area (Å²) in [6.07, 6.45) is 1.01. The third-order valence-electron chi connectivity index (χ3n) is 3.89. The number of benzene rings is 3. The Morgan fingerprint density at radius 3 is 2.39 bits per heavy atom. The number of nitrogen functional groups attached to an aromatic ring is 1. The molecule has 3 rings (SSSR count). The molecule has 0 amide bonds. The molecule has 2 nitrogen and oxygen atoms in total. The number of anilines is 1. The van der Waals surface area contributed by atoms with E-state index < -0.39 is 0 Å². The van der Waals surface area contributed by atoms with Crippen LogP contribution in [0.5, 0.6) is 5.75 Å². The maximum atomic E-state index is 6.05. The van der Waals surface area contributed by atoms with Crippen LogP contribution in [0.3, 0.4) is 0 Å². The third kappa shape index (κ3) is 3.72. The quantitative estimate of drug-likeness (QED) is 0.667. The summed E-state index contributed by atoms with van der Waals surface area (Å²) in [4.78, 5) is 0. The molecule has 0 aliphatic rings. The molecule has 0 saturated carbocycles. The van der Waals surface area contributed by atoms with E-state index in [-0.39, 0.29) is 0 Å². The van der Waals surface area contributed by atoms with E-state index in [0.29, 0.717) is 6.61 Å². The Balaban J connectivity index is 1.91. The van der Waals surface area contributed by atoms with E-state index in [0.717, 1.165) is 34.5 Å². The largest absolute Gasteiger partial charge is 0.488 e. The molecule has 116 valence electrons. The van der Waals surface area contributed by atoms with E-state index in [9.17, 15) is 0 Å². The van der Waals surface area contributed by atoms with Crippen molar-refractivity contribution in [2.45, 2.75) is 20.0 Å². The Hall–Kier alpha value is -2.74. The summed E-state index contributed by atoms with van der Waals surface area (Å²) in [6, 6.07) is 24.5. The predicted octanol–water partition coefficient (Wildman–Crippen LogP) is 5.08. The summed E-state index contributed by atoms with van der Waals surface area (Å²) in [5.74, 6) is 0.858. The molecule has 0 fully saturated rings. The van der Waals surface area contributed by atoms with E-state index in [4.69, 9.17) is 10.5 Å². The minimum absolute atomic E-state index is 0.547. The Kier molecular flexibility index (Phi) is 4.62. The van der Waals surface area contributed by atoms with Crippen molar-refractivity contribution in [1.29, 1.82) is 0 Å². The van der Waals surface area contributed by atoms with E-state index in [2.05, 4.69) is 43.3 Å². The van der Waals surface area contributed by atoms with Crippen LogP contribution in [-0.2, 0) is 13.0 Å². The Morgan fingerprint density at radius 1 is 0.826 bits per heavy atom. The van der Waals surface area contributed by atoms with Gasteiger partial charge in [-0.25, -0.2) is 0 Å². The molecule has 0 spiro atoms. The summed E-state index contributed by atoms with van der Waals surface area (Å²) in [5, 5.41) is 0. The van der Waals surface area contributed by atoms with Crippen LogP contribution in [0.2, 0.25) is 0 Å². The highest BCUT2D eigenvalue weighted by molar-refractivity contribution is 5.74. The summed E-state index contributed by atoms with van der Waals surface area (Å²) in [7, 11) is 0. The van der Waals surface area contributed by atoms with Crippen LogP contribution in [-0.4, -0.2) is 0 Å². The van der Waals surface area contributed by atoms with Crippen LogP contribution in [0.4, 0.5) is 5.69 Å². The minimum Gasteiger partial charge on any atom is -0.488 e. The summed E-state index contributed by atoms with van der Waals surface area (Å²) in [6.45, 7) is 2.70. The molecular weight excluding hydrogens is 282 g/mol. The van der Waals surface area contributed by atoms with E-state index in [1.165, 1.54) is 5.56 Å². The summed E-state index contributed by atoms with van der Waals surface area (Å²) in [5.41, 5.74) is 11.4. The average Bonchev–Trinajstić information content (AvgIpc) is 2.61. The van der Waals surface area contributed by atoms with Gasteiger partial charge in [0.15, 0.2) is 0 Å². The fourth-order valence-corrected chi connectivity index (χ4v) is 2.59. The zero-order valence-corrected chi connectivity index (χ0v) is 13.3.